The molecule has 1 aliphatic rings. The number of hydrogen-bond donors (Lipinski definition) is 0. The summed E-state index contributed by atoms with van der Waals surface area (Å²) in [6.45, 7) is 5.60. The van der Waals surface area contributed by atoms with Gasteiger partial charge in [-0.2, -0.15) is 4.98 Å². The van der Waals surface area contributed by atoms with E-state index in [0.29, 0.717) is 29.4 Å². The highest BCUT2D eigenvalue weighted by atomic mass is 35.5. The Kier molecular flexibility index (Phi) is 5.65. The van der Waals surface area contributed by atoms with Crippen molar-refractivity contribution in [3.8, 4) is 11.4 Å². The maximum absolute atomic E-state index is 6.01. The zero-order valence-electron chi connectivity index (χ0n) is 13.4. The number of aromatic nitrogens is 2. The van der Waals surface area contributed by atoms with Crippen molar-refractivity contribution in [2.75, 3.05) is 19.7 Å². The van der Waals surface area contributed by atoms with E-state index in [1.165, 1.54) is 0 Å². The lowest BCUT2D eigenvalue weighted by Crippen LogP contribution is -2.39. The molecule has 5 nitrogen and oxygen atoms in total. The summed E-state index contributed by atoms with van der Waals surface area (Å²) in [5.74, 6) is 1.22. The van der Waals surface area contributed by atoms with E-state index in [9.17, 15) is 0 Å². The number of likely N-dealkylation sites (tertiary alicyclic amines) is 1. The van der Waals surface area contributed by atoms with E-state index in [2.05, 4.69) is 22.0 Å². The van der Waals surface area contributed by atoms with Crippen LogP contribution < -0.4 is 0 Å². The van der Waals surface area contributed by atoms with Crippen LogP contribution in [0.1, 0.15) is 32.1 Å². The lowest BCUT2D eigenvalue weighted by atomic mass is 10.1. The zero-order chi connectivity index (χ0) is 16.1. The summed E-state index contributed by atoms with van der Waals surface area (Å²) in [6.07, 6.45) is 3.65. The van der Waals surface area contributed by atoms with Crippen LogP contribution in [0.4, 0.5) is 0 Å². The summed E-state index contributed by atoms with van der Waals surface area (Å²) in [4.78, 5) is 6.80. The Morgan fingerprint density at radius 2 is 2.35 bits per heavy atom. The van der Waals surface area contributed by atoms with Crippen LogP contribution in [0.2, 0.25) is 5.02 Å². The van der Waals surface area contributed by atoms with Crippen molar-refractivity contribution in [2.24, 2.45) is 0 Å². The zero-order valence-corrected chi connectivity index (χ0v) is 14.1. The lowest BCUT2D eigenvalue weighted by molar-refractivity contribution is -0.00455. The summed E-state index contributed by atoms with van der Waals surface area (Å²) < 4.78 is 11.3. The van der Waals surface area contributed by atoms with Crippen molar-refractivity contribution in [2.45, 2.75) is 38.8 Å². The number of nitrogens with zero attached hydrogens (tertiary/aromatic N) is 3. The highest BCUT2D eigenvalue weighted by Gasteiger charge is 2.22. The average Bonchev–Trinajstić information content (AvgIpc) is 3.02. The maximum Gasteiger partial charge on any atom is 0.241 e. The molecular weight excluding hydrogens is 314 g/mol. The first-order chi connectivity index (χ1) is 11.2. The minimum Gasteiger partial charge on any atom is -0.377 e. The van der Waals surface area contributed by atoms with Gasteiger partial charge in [-0.3, -0.25) is 4.90 Å². The van der Waals surface area contributed by atoms with Gasteiger partial charge in [0.15, 0.2) is 0 Å². The Bertz CT molecular complexity index is 632. The Hall–Kier alpha value is -1.43. The largest absolute Gasteiger partial charge is 0.377 e. The van der Waals surface area contributed by atoms with Crippen LogP contribution in [0.25, 0.3) is 11.4 Å². The molecule has 1 saturated heterocycles. The van der Waals surface area contributed by atoms with Crippen LogP contribution in [0, 0.1) is 0 Å². The second kappa shape index (κ2) is 7.90. The fourth-order valence-corrected chi connectivity index (χ4v) is 3.02. The average molecular weight is 336 g/mol. The molecule has 0 amide bonds. The monoisotopic (exact) mass is 335 g/mol. The van der Waals surface area contributed by atoms with Crippen molar-refractivity contribution in [1.29, 1.82) is 0 Å². The predicted molar refractivity (Wildman–Crippen MR) is 89.3 cm³/mol. The summed E-state index contributed by atoms with van der Waals surface area (Å²) in [5.41, 5.74) is 0.871. The van der Waals surface area contributed by atoms with Crippen molar-refractivity contribution in [3.63, 3.8) is 0 Å². The van der Waals surface area contributed by atoms with Gasteiger partial charge in [-0.05, 0) is 37.9 Å². The van der Waals surface area contributed by atoms with Crippen LogP contribution in [-0.2, 0) is 11.3 Å². The molecule has 23 heavy (non-hydrogen) atoms. The number of hydrogen-bond acceptors (Lipinski definition) is 5. The summed E-state index contributed by atoms with van der Waals surface area (Å²) in [5, 5.41) is 4.73. The smallest absolute Gasteiger partial charge is 0.241 e. The first kappa shape index (κ1) is 16.4. The van der Waals surface area contributed by atoms with E-state index < -0.39 is 0 Å². The fourth-order valence-electron chi connectivity index (χ4n) is 2.83. The minimum absolute atomic E-state index is 0.319. The molecule has 124 valence electrons. The van der Waals surface area contributed by atoms with Gasteiger partial charge < -0.3 is 9.26 Å². The van der Waals surface area contributed by atoms with Gasteiger partial charge in [0, 0.05) is 23.7 Å². The molecule has 0 spiro atoms. The van der Waals surface area contributed by atoms with E-state index in [-0.39, 0.29) is 0 Å². The van der Waals surface area contributed by atoms with Gasteiger partial charge in [0.1, 0.15) is 0 Å². The van der Waals surface area contributed by atoms with Crippen molar-refractivity contribution >= 4 is 11.6 Å². The normalized spacial score (nSPS) is 19.1. The van der Waals surface area contributed by atoms with Crippen molar-refractivity contribution in [3.05, 3.63) is 35.2 Å². The first-order valence-corrected chi connectivity index (χ1v) is 8.55. The molecular formula is C17H22ClN3O2. The van der Waals surface area contributed by atoms with Gasteiger partial charge >= 0.3 is 0 Å². The van der Waals surface area contributed by atoms with Gasteiger partial charge in [-0.25, -0.2) is 0 Å². The second-order valence-electron chi connectivity index (χ2n) is 5.89. The predicted octanol–water partition coefficient (Wildman–Crippen LogP) is 3.78. The third-order valence-electron chi connectivity index (χ3n) is 3.93. The first-order valence-electron chi connectivity index (χ1n) is 8.17. The molecule has 3 rings (SSSR count). The number of ether oxygens (including phenoxy) is 1. The Morgan fingerprint density at radius 3 is 3.17 bits per heavy atom. The number of rotatable bonds is 6. The second-order valence-corrected chi connectivity index (χ2v) is 6.33. The van der Waals surface area contributed by atoms with Crippen LogP contribution in [0.15, 0.2) is 28.8 Å². The summed E-state index contributed by atoms with van der Waals surface area (Å²) in [6, 6.07) is 7.48. The molecule has 1 aromatic carbocycles. The third kappa shape index (κ3) is 4.53. The molecule has 1 fully saturated rings. The van der Waals surface area contributed by atoms with Crippen molar-refractivity contribution < 1.29 is 9.26 Å². The lowest BCUT2D eigenvalue weighted by Gasteiger charge is -2.31. The van der Waals surface area contributed by atoms with E-state index in [1.54, 1.807) is 0 Å². The molecule has 0 radical (unpaired) electrons. The molecule has 0 saturated carbocycles. The van der Waals surface area contributed by atoms with E-state index in [1.807, 2.05) is 24.3 Å². The molecule has 6 heteroatoms. The Morgan fingerprint density at radius 1 is 1.43 bits per heavy atom. The molecule has 2 heterocycles. The Labute approximate surface area is 141 Å². The van der Waals surface area contributed by atoms with Crippen LogP contribution in [-0.4, -0.2) is 40.8 Å². The Balaban J connectivity index is 1.60. The molecule has 2 aromatic rings. The molecule has 0 N–H and O–H groups in total. The third-order valence-corrected chi connectivity index (χ3v) is 4.16. The van der Waals surface area contributed by atoms with Gasteiger partial charge in [-0.1, -0.05) is 35.8 Å². The topological polar surface area (TPSA) is 51.4 Å². The van der Waals surface area contributed by atoms with Gasteiger partial charge in [-0.15, -0.1) is 0 Å². The maximum atomic E-state index is 6.01. The van der Waals surface area contributed by atoms with Crippen molar-refractivity contribution in [1.82, 2.24) is 15.0 Å². The van der Waals surface area contributed by atoms with Gasteiger partial charge in [0.25, 0.3) is 0 Å². The highest BCUT2D eigenvalue weighted by molar-refractivity contribution is 6.30. The van der Waals surface area contributed by atoms with Crippen LogP contribution >= 0.6 is 11.6 Å². The molecule has 1 aromatic heterocycles. The quantitative estimate of drug-likeness (QED) is 0.804. The molecule has 0 aliphatic carbocycles. The standard InChI is InChI=1S/C17H22ClN3O2/c1-2-9-22-15-7-4-8-21(11-15)12-16-19-17(20-23-16)13-5-3-6-14(18)10-13/h3,5-6,10,15H,2,4,7-9,11-12H2,1H3/t15-/m1/s1. The van der Waals surface area contributed by atoms with Gasteiger partial charge in [0.05, 0.1) is 12.6 Å². The summed E-state index contributed by atoms with van der Waals surface area (Å²) in [7, 11) is 0. The van der Waals surface area contributed by atoms with E-state index in [4.69, 9.17) is 20.9 Å². The van der Waals surface area contributed by atoms with Crippen LogP contribution in [0.5, 0.6) is 0 Å². The molecule has 1 aliphatic heterocycles. The van der Waals surface area contributed by atoms with E-state index >= 15 is 0 Å². The van der Waals surface area contributed by atoms with Crippen LogP contribution in [0.3, 0.4) is 0 Å². The molecule has 0 bridgehead atoms. The number of piperidine rings is 1. The summed E-state index contributed by atoms with van der Waals surface area (Å²) >= 11 is 6.01. The van der Waals surface area contributed by atoms with E-state index in [0.717, 1.165) is 44.5 Å². The molecule has 0 unspecified atom stereocenters. The fraction of sp³-hybridized carbons (Fsp3) is 0.529. The highest BCUT2D eigenvalue weighted by Crippen LogP contribution is 2.21. The SMILES string of the molecule is CCCO[C@@H]1CCCN(Cc2nc(-c3cccc(Cl)c3)no2)C1. The number of benzene rings is 1. The molecule has 1 atom stereocenters. The minimum atomic E-state index is 0.319. The number of halogens is 1. The van der Waals surface area contributed by atoms with Gasteiger partial charge in [0.2, 0.25) is 11.7 Å².